The minimum absolute atomic E-state index is 0. The second-order valence-corrected chi connectivity index (χ2v) is 6.51. The molecule has 2 atom stereocenters. The molecule has 0 aliphatic carbocycles. The monoisotopic (exact) mass is 424 g/mol. The molecule has 5 N–H and O–H groups in total. The Balaban J connectivity index is 0.00000196. The summed E-state index contributed by atoms with van der Waals surface area (Å²) in [6, 6.07) is 17.8. The van der Waals surface area contributed by atoms with Crippen LogP contribution >= 0.6 is 24.8 Å². The number of halogens is 2. The fourth-order valence-electron chi connectivity index (χ4n) is 3.10. The normalized spacial score (nSPS) is 17.8. The van der Waals surface area contributed by atoms with E-state index in [1.807, 2.05) is 42.5 Å². The molecule has 3 rings (SSSR count). The van der Waals surface area contributed by atoms with E-state index in [0.29, 0.717) is 13.0 Å². The maximum atomic E-state index is 12.4. The topological polar surface area (TPSA) is 96.2 Å². The van der Waals surface area contributed by atoms with Gasteiger partial charge in [-0.25, -0.2) is 0 Å². The van der Waals surface area contributed by atoms with Gasteiger partial charge >= 0.3 is 0 Å². The highest BCUT2D eigenvalue weighted by atomic mass is 35.5. The highest BCUT2D eigenvalue weighted by Crippen LogP contribution is 2.15. The van der Waals surface area contributed by atoms with Crippen molar-refractivity contribution >= 4 is 42.3 Å². The summed E-state index contributed by atoms with van der Waals surface area (Å²) < 4.78 is 0. The summed E-state index contributed by atoms with van der Waals surface area (Å²) in [7, 11) is 0. The summed E-state index contributed by atoms with van der Waals surface area (Å²) in [6.45, 7) is 0.530. The molecule has 1 fully saturated rings. The third-order valence-electron chi connectivity index (χ3n) is 4.47. The number of hydrogen-bond donors (Lipinski definition) is 4. The van der Waals surface area contributed by atoms with E-state index in [4.69, 9.17) is 5.73 Å². The largest absolute Gasteiger partial charge is 0.351 e. The number of carbonyl (C=O) groups is 2. The summed E-state index contributed by atoms with van der Waals surface area (Å²) in [5, 5.41) is 8.86. The van der Waals surface area contributed by atoms with Crippen molar-refractivity contribution in [3.8, 4) is 0 Å². The fourth-order valence-corrected chi connectivity index (χ4v) is 3.10. The van der Waals surface area contributed by atoms with Crippen molar-refractivity contribution in [3.05, 3.63) is 65.7 Å². The van der Waals surface area contributed by atoms with Crippen LogP contribution in [0.15, 0.2) is 54.6 Å². The summed E-state index contributed by atoms with van der Waals surface area (Å²) in [5.41, 5.74) is 8.51. The molecule has 0 saturated carbocycles. The summed E-state index contributed by atoms with van der Waals surface area (Å²) in [5.74, 6) is -0.294. The fraction of sp³-hybridized carbons (Fsp3) is 0.300. The predicted octanol–water partition coefficient (Wildman–Crippen LogP) is 1.86. The lowest BCUT2D eigenvalue weighted by atomic mass is 10.0. The Labute approximate surface area is 177 Å². The van der Waals surface area contributed by atoms with Gasteiger partial charge in [-0.1, -0.05) is 42.5 Å². The number of rotatable bonds is 6. The number of benzene rings is 2. The molecule has 152 valence electrons. The Hall–Kier alpha value is -2.12. The summed E-state index contributed by atoms with van der Waals surface area (Å²) in [4.78, 5) is 23.7. The molecule has 1 aliphatic rings. The van der Waals surface area contributed by atoms with Crippen molar-refractivity contribution in [2.75, 3.05) is 18.4 Å². The number of nitrogens with one attached hydrogen (secondary N) is 3. The van der Waals surface area contributed by atoms with Crippen LogP contribution in [0.4, 0.5) is 5.69 Å². The van der Waals surface area contributed by atoms with Gasteiger partial charge in [-0.15, -0.1) is 24.8 Å². The zero-order chi connectivity index (χ0) is 18.4. The zero-order valence-electron chi connectivity index (χ0n) is 15.4. The van der Waals surface area contributed by atoms with Gasteiger partial charge < -0.3 is 21.7 Å². The summed E-state index contributed by atoms with van der Waals surface area (Å²) >= 11 is 0. The molecule has 6 nitrogen and oxygen atoms in total. The molecule has 1 aliphatic heterocycles. The van der Waals surface area contributed by atoms with Gasteiger partial charge in [0.1, 0.15) is 0 Å². The van der Waals surface area contributed by atoms with E-state index < -0.39 is 0 Å². The first-order valence-electron chi connectivity index (χ1n) is 8.80. The molecular formula is C20H26Cl2N4O2. The van der Waals surface area contributed by atoms with Crippen LogP contribution in [0.2, 0.25) is 0 Å². The van der Waals surface area contributed by atoms with E-state index in [0.717, 1.165) is 12.1 Å². The van der Waals surface area contributed by atoms with Gasteiger partial charge in [0.15, 0.2) is 0 Å². The molecule has 28 heavy (non-hydrogen) atoms. The molecule has 8 heteroatoms. The first kappa shape index (κ1) is 23.9. The lowest BCUT2D eigenvalue weighted by Crippen LogP contribution is -2.39. The van der Waals surface area contributed by atoms with E-state index in [-0.39, 0.29) is 55.3 Å². The van der Waals surface area contributed by atoms with Gasteiger partial charge in [-0.3, -0.25) is 9.59 Å². The molecule has 2 aromatic carbocycles. The number of amides is 2. The van der Waals surface area contributed by atoms with Gasteiger partial charge in [0.2, 0.25) is 11.8 Å². The smallest absolute Gasteiger partial charge is 0.241 e. The Bertz CT molecular complexity index is 757. The quantitative estimate of drug-likeness (QED) is 0.568. The lowest BCUT2D eigenvalue weighted by molar-refractivity contribution is -0.121. The van der Waals surface area contributed by atoms with Crippen LogP contribution in [0.3, 0.4) is 0 Å². The SMILES string of the molecule is Cl.Cl.NCC(=O)N[C@H]1CN[C@H](C(=O)Nc2ccc(Cc3ccccc3)cc2)C1. The van der Waals surface area contributed by atoms with Crippen LogP contribution in [0.5, 0.6) is 0 Å². The molecule has 0 bridgehead atoms. The lowest BCUT2D eigenvalue weighted by Gasteiger charge is -2.13. The number of anilines is 1. The molecule has 2 aromatic rings. The van der Waals surface area contributed by atoms with E-state index in [1.165, 1.54) is 11.1 Å². The molecular weight excluding hydrogens is 399 g/mol. The van der Waals surface area contributed by atoms with E-state index in [1.54, 1.807) is 0 Å². The molecule has 1 heterocycles. The molecule has 1 saturated heterocycles. The maximum Gasteiger partial charge on any atom is 0.241 e. The molecule has 0 spiro atoms. The first-order chi connectivity index (χ1) is 12.6. The number of carbonyl (C=O) groups excluding carboxylic acids is 2. The van der Waals surface area contributed by atoms with Gasteiger partial charge in [-0.2, -0.15) is 0 Å². The highest BCUT2D eigenvalue weighted by molar-refractivity contribution is 5.95. The number of hydrogen-bond acceptors (Lipinski definition) is 4. The van der Waals surface area contributed by atoms with Gasteiger partial charge in [-0.05, 0) is 36.1 Å². The molecule has 0 unspecified atom stereocenters. The third-order valence-corrected chi connectivity index (χ3v) is 4.47. The predicted molar refractivity (Wildman–Crippen MR) is 116 cm³/mol. The van der Waals surface area contributed by atoms with Crippen LogP contribution in [-0.2, 0) is 16.0 Å². The van der Waals surface area contributed by atoms with Gasteiger partial charge in [0.05, 0.1) is 12.6 Å². The summed E-state index contributed by atoms with van der Waals surface area (Å²) in [6.07, 6.45) is 1.42. The zero-order valence-corrected chi connectivity index (χ0v) is 17.0. The van der Waals surface area contributed by atoms with Crippen molar-refractivity contribution < 1.29 is 9.59 Å². The van der Waals surface area contributed by atoms with E-state index in [9.17, 15) is 9.59 Å². The average Bonchev–Trinajstić information content (AvgIpc) is 3.12. The van der Waals surface area contributed by atoms with Gasteiger partial charge in [0, 0.05) is 18.3 Å². The Kier molecular flexibility index (Phi) is 9.96. The standard InChI is InChI=1S/C20H24N4O2.2ClH/c21-12-19(25)23-17-11-18(22-13-17)20(26)24-16-8-6-15(7-9-16)10-14-4-2-1-3-5-14;;/h1-9,17-18,22H,10-13,21H2,(H,23,25)(H,24,26);2*1H/t17-,18+;;/m1../s1. The second-order valence-electron chi connectivity index (χ2n) is 6.51. The molecule has 2 amide bonds. The maximum absolute atomic E-state index is 12.4. The van der Waals surface area contributed by atoms with Gasteiger partial charge in [0.25, 0.3) is 0 Å². The third kappa shape index (κ3) is 6.80. The van der Waals surface area contributed by atoms with Crippen molar-refractivity contribution in [2.45, 2.75) is 24.9 Å². The molecule has 0 radical (unpaired) electrons. The van der Waals surface area contributed by atoms with Crippen LogP contribution in [0.25, 0.3) is 0 Å². The van der Waals surface area contributed by atoms with E-state index >= 15 is 0 Å². The van der Waals surface area contributed by atoms with E-state index in [2.05, 4.69) is 28.1 Å². The van der Waals surface area contributed by atoms with Crippen LogP contribution in [0, 0.1) is 0 Å². The van der Waals surface area contributed by atoms with Crippen molar-refractivity contribution in [3.63, 3.8) is 0 Å². The van der Waals surface area contributed by atoms with Crippen molar-refractivity contribution in [1.82, 2.24) is 10.6 Å². The highest BCUT2D eigenvalue weighted by Gasteiger charge is 2.30. The van der Waals surface area contributed by atoms with Crippen molar-refractivity contribution in [1.29, 1.82) is 0 Å². The minimum atomic E-state index is -0.318. The first-order valence-corrected chi connectivity index (χ1v) is 8.80. The Morgan fingerprint density at radius 2 is 1.64 bits per heavy atom. The molecule has 0 aromatic heterocycles. The Morgan fingerprint density at radius 1 is 1.00 bits per heavy atom. The number of nitrogens with two attached hydrogens (primary N) is 1. The van der Waals surface area contributed by atoms with Crippen molar-refractivity contribution in [2.24, 2.45) is 5.73 Å². The average molecular weight is 425 g/mol. The van der Waals surface area contributed by atoms with Crippen LogP contribution in [0.1, 0.15) is 17.5 Å². The minimum Gasteiger partial charge on any atom is -0.351 e. The van der Waals surface area contributed by atoms with Crippen LogP contribution in [-0.4, -0.2) is 37.0 Å². The van der Waals surface area contributed by atoms with Crippen LogP contribution < -0.4 is 21.7 Å². The second kappa shape index (κ2) is 11.7. The Morgan fingerprint density at radius 3 is 2.29 bits per heavy atom.